The number of fused-ring (bicyclic) bond motifs is 12. The smallest absolute Gasteiger partial charge is 0.870 e. The Balaban J connectivity index is 0.000000148. The Kier molecular flexibility index (Phi) is 16.4. The van der Waals surface area contributed by atoms with Crippen molar-refractivity contribution in [1.29, 1.82) is 0 Å². The van der Waals surface area contributed by atoms with Crippen molar-refractivity contribution in [2.45, 2.75) is 19.6 Å². The molecule has 2 aromatic heterocycles. The minimum absolute atomic E-state index is 0. The average molecular weight is 1060 g/mol. The number of pyridine rings is 2. The molecule has 1 N–H and O–H groups in total. The summed E-state index contributed by atoms with van der Waals surface area (Å²) in [6, 6.07) is 90.4. The summed E-state index contributed by atoms with van der Waals surface area (Å²) in [6.45, 7) is 6.68. The number of nitrogens with zero attached hydrogens (tertiary/aromatic N) is 2. The Bertz CT molecular complexity index is 4460. The fourth-order valence-corrected chi connectivity index (χ4v) is 11.5. The van der Waals surface area contributed by atoms with E-state index >= 15 is 0 Å². The first-order chi connectivity index (χ1) is 38.3. The zero-order chi connectivity index (χ0) is 53.0. The van der Waals surface area contributed by atoms with Gasteiger partial charge in [-0.25, -0.2) is 4.98 Å². The maximum atomic E-state index is 14.0. The van der Waals surface area contributed by atoms with E-state index in [1.807, 2.05) is 91.1 Å². The van der Waals surface area contributed by atoms with Gasteiger partial charge in [-0.2, -0.15) is 0 Å². The van der Waals surface area contributed by atoms with Gasteiger partial charge < -0.3 is 5.48 Å². The number of hydrogen-bond donors (Lipinski definition) is 0. The molecule has 0 bridgehead atoms. The van der Waals surface area contributed by atoms with Crippen molar-refractivity contribution in [2.75, 3.05) is 0 Å². The summed E-state index contributed by atoms with van der Waals surface area (Å²) in [7, 11) is -1.24. The van der Waals surface area contributed by atoms with Crippen LogP contribution in [0, 0.1) is 11.5 Å². The molecule has 11 aromatic carbocycles. The Hall–Kier alpha value is -8.83. The molecule has 0 radical (unpaired) electrons. The van der Waals surface area contributed by atoms with Crippen LogP contribution in [0.1, 0.15) is 16.8 Å². The second-order valence-electron chi connectivity index (χ2n) is 20.5. The normalized spacial score (nSPS) is 11.6. The fourth-order valence-electron chi connectivity index (χ4n) is 11.0. The molecule has 0 atom stereocenters. The molecule has 80 heavy (non-hydrogen) atoms. The third-order valence-corrected chi connectivity index (χ3v) is 15.2. The van der Waals surface area contributed by atoms with E-state index in [4.69, 9.17) is 4.98 Å². The van der Waals surface area contributed by atoms with E-state index in [1.165, 1.54) is 65.3 Å². The third kappa shape index (κ3) is 10.7. The van der Waals surface area contributed by atoms with Crippen LogP contribution < -0.4 is 40.0 Å². The van der Waals surface area contributed by atoms with Crippen LogP contribution in [0.5, 0.6) is 0 Å². The van der Waals surface area contributed by atoms with Gasteiger partial charge >= 0.3 is 29.6 Å². The van der Waals surface area contributed by atoms with Crippen molar-refractivity contribution < 1.29 is 39.8 Å². The van der Waals surface area contributed by atoms with Gasteiger partial charge in [0, 0.05) is 39.5 Å². The van der Waals surface area contributed by atoms with Crippen LogP contribution in [0.3, 0.4) is 0 Å². The number of aromatic nitrogens is 2. The molecule has 1 aliphatic rings. The fraction of sp³-hybridized carbons (Fsp3) is 0.0405. The second kappa shape index (κ2) is 24.0. The Labute approximate surface area is 490 Å². The maximum absolute atomic E-state index is 14.0. The maximum Gasteiger partial charge on any atom is 1.00 e. The first-order valence-electron chi connectivity index (χ1n) is 26.5. The third-order valence-electron chi connectivity index (χ3n) is 14.3. The Morgan fingerprint density at radius 2 is 0.738 bits per heavy atom. The van der Waals surface area contributed by atoms with E-state index in [9.17, 15) is 4.79 Å². The van der Waals surface area contributed by atoms with Crippen molar-refractivity contribution in [3.63, 3.8) is 0 Å². The average Bonchev–Trinajstić information content (AvgIpc) is 4.03. The van der Waals surface area contributed by atoms with Gasteiger partial charge in [-0.1, -0.05) is 256 Å². The van der Waals surface area contributed by atoms with Crippen molar-refractivity contribution in [3.05, 3.63) is 301 Å². The molecule has 0 amide bonds. The number of carbonyl (C=O) groups is 1. The molecule has 2 heterocycles. The van der Waals surface area contributed by atoms with E-state index in [-0.39, 0.29) is 40.8 Å². The summed E-state index contributed by atoms with van der Waals surface area (Å²) in [5.74, 6) is 3.19. The van der Waals surface area contributed by atoms with Crippen LogP contribution in [0.4, 0.5) is 0 Å². The monoisotopic (exact) mass is 1050 g/mol. The van der Waals surface area contributed by atoms with Gasteiger partial charge in [-0.15, -0.1) is 5.54 Å². The molecule has 0 unspecified atom stereocenters. The summed E-state index contributed by atoms with van der Waals surface area (Å²) in [5.41, 5.74) is 14.7. The van der Waals surface area contributed by atoms with Gasteiger partial charge in [0.2, 0.25) is 0 Å². The molecular formula is C74H55N2NaO2Si. The second-order valence-corrected chi connectivity index (χ2v) is 25.3. The molecule has 0 spiro atoms. The van der Waals surface area contributed by atoms with Gasteiger partial charge in [0.1, 0.15) is 13.8 Å². The first kappa shape index (κ1) is 54.5. The summed E-state index contributed by atoms with van der Waals surface area (Å²) >= 11 is 0. The van der Waals surface area contributed by atoms with Crippen LogP contribution in [0.2, 0.25) is 19.6 Å². The van der Waals surface area contributed by atoms with E-state index in [1.54, 1.807) is 6.20 Å². The quantitative estimate of drug-likeness (QED) is 0.0978. The summed E-state index contributed by atoms with van der Waals surface area (Å²) in [4.78, 5) is 22.9. The largest absolute Gasteiger partial charge is 1.00 e. The number of benzene rings is 11. The summed E-state index contributed by atoms with van der Waals surface area (Å²) < 4.78 is 0. The van der Waals surface area contributed by atoms with Crippen molar-refractivity contribution in [3.8, 4) is 45.0 Å². The Morgan fingerprint density at radius 1 is 0.362 bits per heavy atom. The van der Waals surface area contributed by atoms with Crippen molar-refractivity contribution in [1.82, 2.24) is 9.97 Å². The van der Waals surface area contributed by atoms with Crippen LogP contribution in [0.25, 0.3) is 98.5 Å². The summed E-state index contributed by atoms with van der Waals surface area (Å²) in [5, 5.41) is 14.4. The molecule has 4 nitrogen and oxygen atoms in total. The topological polar surface area (TPSA) is 72.8 Å². The molecular weight excluding hydrogens is 1000 g/mol. The zero-order valence-corrected chi connectivity index (χ0v) is 48.2. The molecule has 0 saturated carbocycles. The first-order valence-corrected chi connectivity index (χ1v) is 30.0. The van der Waals surface area contributed by atoms with Crippen molar-refractivity contribution in [2.24, 2.45) is 0 Å². The van der Waals surface area contributed by atoms with Gasteiger partial charge in [0.05, 0.1) is 5.69 Å². The van der Waals surface area contributed by atoms with E-state index in [0.717, 1.165) is 60.4 Å². The molecule has 378 valence electrons. The van der Waals surface area contributed by atoms with Gasteiger partial charge in [0.25, 0.3) is 0 Å². The molecule has 0 fully saturated rings. The number of hydrogen-bond acceptors (Lipinski definition) is 4. The minimum atomic E-state index is -1.24. The van der Waals surface area contributed by atoms with Crippen molar-refractivity contribution >= 4 is 78.9 Å². The predicted molar refractivity (Wildman–Crippen MR) is 333 cm³/mol. The summed E-state index contributed by atoms with van der Waals surface area (Å²) in [6.07, 6.45) is 3.66. The van der Waals surface area contributed by atoms with Crippen LogP contribution in [-0.2, 0) is 4.79 Å². The van der Waals surface area contributed by atoms with Gasteiger partial charge in [-0.05, 0) is 118 Å². The SMILES string of the molecule is C[Si](C)(C)C#Cc1ccccn1.O=C1C(c2ccccc2)=c2c(c3ccccc3c3ccccc23)=C1c1ccccc1.[Na+].[OH-].c1ccc(-c2cc(-c3ccccn3)c(-c3ccccc3)c3c4ccccc4c4ccccc4c23)cc1. The minimum Gasteiger partial charge on any atom is -0.870 e. The standard InChI is InChI=1S/C35H23N.C29H18O.C10H13NSi.Na.H2O/c1-3-13-24(14-4-1)30-23-31(32-21-11-12-22-36-32)33(25-15-5-2-6-16-25)35-29-20-10-8-18-27(29)26-17-7-9-19-28(26)34(30)35;30-29-25(19-11-3-1-4-12-19)27-23-17-9-7-15-21(23)22-16-8-10-18-24(22)28(27)26(29)20-13-5-2-6-14-20;1-12(2,3)9-7-10-6-4-5-8-11-10;;/h1-23H;1-18H;4-6,8H,1-3H3;;1H2/q;;;+1;/p-1. The van der Waals surface area contributed by atoms with Gasteiger partial charge in [0.15, 0.2) is 5.78 Å². The molecule has 0 saturated heterocycles. The van der Waals surface area contributed by atoms with Crippen LogP contribution >= 0.6 is 0 Å². The number of ketones is 1. The number of rotatable bonds is 5. The Morgan fingerprint density at radius 3 is 1.18 bits per heavy atom. The van der Waals surface area contributed by atoms with Gasteiger partial charge in [-0.3, -0.25) is 9.78 Å². The molecule has 14 rings (SSSR count). The van der Waals surface area contributed by atoms with E-state index in [0.29, 0.717) is 0 Å². The van der Waals surface area contributed by atoms with E-state index in [2.05, 4.69) is 212 Å². The predicted octanol–water partition coefficient (Wildman–Crippen LogP) is 13.7. The molecule has 1 aliphatic carbocycles. The molecule has 6 heteroatoms. The van der Waals surface area contributed by atoms with Crippen LogP contribution in [0.15, 0.2) is 273 Å². The zero-order valence-electron chi connectivity index (χ0n) is 45.2. The van der Waals surface area contributed by atoms with E-state index < -0.39 is 8.07 Å². The van der Waals surface area contributed by atoms with Crippen LogP contribution in [-0.4, -0.2) is 29.3 Å². The molecule has 0 aliphatic heterocycles. The number of carbonyl (C=O) groups excluding carboxylic acids is 1. The number of Topliss-reactive ketones (excluding diaryl/α,β-unsaturated/α-hetero) is 1. The molecule has 13 aromatic rings.